The second-order valence-corrected chi connectivity index (χ2v) is 4.76. The molecule has 2 aliphatic rings. The van der Waals surface area contributed by atoms with Gasteiger partial charge in [0.25, 0.3) is 0 Å². The molecular weight excluding hydrogens is 220 g/mol. The second kappa shape index (κ2) is 4.14. The van der Waals surface area contributed by atoms with Gasteiger partial charge < -0.3 is 9.84 Å². The van der Waals surface area contributed by atoms with E-state index < -0.39 is 5.97 Å². The number of hydrogen-bond donors (Lipinski definition) is 1. The molecule has 0 unspecified atom stereocenters. The smallest absolute Gasteiger partial charge is 0.354 e. The quantitative estimate of drug-likeness (QED) is 0.850. The highest BCUT2D eigenvalue weighted by Crippen LogP contribution is 2.32. The topological polar surface area (TPSA) is 64.3 Å². The molecule has 0 aromatic carbocycles. The number of rotatable bonds is 2. The fraction of sp³-hybridized carbons (Fsp3) is 0.667. The van der Waals surface area contributed by atoms with Crippen LogP contribution in [0.5, 0.6) is 0 Å². The van der Waals surface area contributed by atoms with Crippen LogP contribution in [0.15, 0.2) is 0 Å². The van der Waals surface area contributed by atoms with Crippen molar-refractivity contribution in [2.75, 3.05) is 6.61 Å². The van der Waals surface area contributed by atoms with Gasteiger partial charge in [-0.1, -0.05) is 12.8 Å². The molecule has 1 aromatic rings. The molecule has 0 spiro atoms. The molecule has 1 N–H and O–H groups in total. The number of aromatic nitrogens is 2. The summed E-state index contributed by atoms with van der Waals surface area (Å²) in [5.74, 6) is -0.854. The summed E-state index contributed by atoms with van der Waals surface area (Å²) >= 11 is 0. The third-order valence-corrected chi connectivity index (χ3v) is 3.70. The van der Waals surface area contributed by atoms with Crippen LogP contribution in [0.25, 0.3) is 0 Å². The Labute approximate surface area is 99.4 Å². The van der Waals surface area contributed by atoms with Gasteiger partial charge in [-0.2, -0.15) is 5.10 Å². The van der Waals surface area contributed by atoms with E-state index in [1.54, 1.807) is 4.68 Å². The van der Waals surface area contributed by atoms with E-state index in [0.717, 1.165) is 24.1 Å². The summed E-state index contributed by atoms with van der Waals surface area (Å²) in [6.07, 6.45) is 5.10. The maximum absolute atomic E-state index is 11.4. The van der Waals surface area contributed by atoms with Crippen molar-refractivity contribution in [3.8, 4) is 0 Å². The van der Waals surface area contributed by atoms with Crippen LogP contribution in [-0.4, -0.2) is 27.5 Å². The highest BCUT2D eigenvalue weighted by molar-refractivity contribution is 5.88. The molecule has 1 fully saturated rings. The molecule has 1 aliphatic heterocycles. The van der Waals surface area contributed by atoms with Crippen LogP contribution >= 0.6 is 0 Å². The van der Waals surface area contributed by atoms with Gasteiger partial charge in [-0.3, -0.25) is 4.68 Å². The van der Waals surface area contributed by atoms with Gasteiger partial charge >= 0.3 is 5.97 Å². The second-order valence-electron chi connectivity index (χ2n) is 4.76. The minimum Gasteiger partial charge on any atom is -0.477 e. The van der Waals surface area contributed by atoms with E-state index in [0.29, 0.717) is 25.3 Å². The van der Waals surface area contributed by atoms with Gasteiger partial charge in [-0.05, 0) is 12.8 Å². The summed E-state index contributed by atoms with van der Waals surface area (Å²) in [5, 5.41) is 13.8. The lowest BCUT2D eigenvalue weighted by molar-refractivity contribution is 0.0677. The number of carboxylic acids is 1. The van der Waals surface area contributed by atoms with Crippen LogP contribution in [0.3, 0.4) is 0 Å². The van der Waals surface area contributed by atoms with Crippen LogP contribution in [0.4, 0.5) is 0 Å². The molecule has 3 rings (SSSR count). The van der Waals surface area contributed by atoms with Gasteiger partial charge in [-0.15, -0.1) is 0 Å². The van der Waals surface area contributed by atoms with Crippen molar-refractivity contribution in [3.05, 3.63) is 17.0 Å². The molecule has 0 amide bonds. The average molecular weight is 236 g/mol. The standard InChI is InChI=1S/C12H16N2O3/c15-12(16)11-9-5-6-17-7-10(9)13-14(11)8-3-1-2-4-8/h8H,1-7H2,(H,15,16). The number of aromatic carboxylic acids is 1. The van der Waals surface area contributed by atoms with Crippen LogP contribution in [0.1, 0.15) is 53.5 Å². The fourth-order valence-corrected chi connectivity index (χ4v) is 2.88. The third kappa shape index (κ3) is 1.74. The fourth-order valence-electron chi connectivity index (χ4n) is 2.88. The SMILES string of the molecule is O=C(O)c1c2c(nn1C1CCCC1)COCC2. The lowest BCUT2D eigenvalue weighted by atomic mass is 10.1. The Balaban J connectivity index is 2.06. The first-order chi connectivity index (χ1) is 8.27. The largest absolute Gasteiger partial charge is 0.477 e. The molecule has 17 heavy (non-hydrogen) atoms. The monoisotopic (exact) mass is 236 g/mol. The minimum absolute atomic E-state index is 0.270. The van der Waals surface area contributed by atoms with E-state index in [-0.39, 0.29) is 6.04 Å². The van der Waals surface area contributed by atoms with Gasteiger partial charge in [-0.25, -0.2) is 4.79 Å². The molecule has 1 aromatic heterocycles. The van der Waals surface area contributed by atoms with Crippen LogP contribution < -0.4 is 0 Å². The maximum Gasteiger partial charge on any atom is 0.354 e. The molecule has 92 valence electrons. The van der Waals surface area contributed by atoms with Gasteiger partial charge in [0.15, 0.2) is 0 Å². The predicted molar refractivity (Wildman–Crippen MR) is 60.1 cm³/mol. The van der Waals surface area contributed by atoms with E-state index >= 15 is 0 Å². The van der Waals surface area contributed by atoms with Crippen molar-refractivity contribution >= 4 is 5.97 Å². The summed E-state index contributed by atoms with van der Waals surface area (Å²) in [7, 11) is 0. The first-order valence-corrected chi connectivity index (χ1v) is 6.18. The Bertz CT molecular complexity index is 447. The Morgan fingerprint density at radius 1 is 1.41 bits per heavy atom. The van der Waals surface area contributed by atoms with E-state index in [9.17, 15) is 9.90 Å². The Hall–Kier alpha value is -1.36. The average Bonchev–Trinajstić information content (AvgIpc) is 2.95. The first kappa shape index (κ1) is 10.8. The zero-order chi connectivity index (χ0) is 11.8. The van der Waals surface area contributed by atoms with Crippen LogP contribution in [0, 0.1) is 0 Å². The molecule has 5 nitrogen and oxygen atoms in total. The van der Waals surface area contributed by atoms with E-state index in [2.05, 4.69) is 5.10 Å². The summed E-state index contributed by atoms with van der Waals surface area (Å²) < 4.78 is 7.08. The predicted octanol–water partition coefficient (Wildman–Crippen LogP) is 1.77. The number of fused-ring (bicyclic) bond motifs is 1. The summed E-state index contributed by atoms with van der Waals surface area (Å²) in [6, 6.07) is 0.270. The Morgan fingerprint density at radius 3 is 2.88 bits per heavy atom. The Morgan fingerprint density at radius 2 is 2.18 bits per heavy atom. The summed E-state index contributed by atoms with van der Waals surface area (Å²) in [6.45, 7) is 1.05. The molecule has 5 heteroatoms. The van der Waals surface area contributed by atoms with Crippen molar-refractivity contribution in [3.63, 3.8) is 0 Å². The van der Waals surface area contributed by atoms with Crippen molar-refractivity contribution in [1.29, 1.82) is 0 Å². The third-order valence-electron chi connectivity index (χ3n) is 3.70. The zero-order valence-corrected chi connectivity index (χ0v) is 9.69. The van der Waals surface area contributed by atoms with Crippen molar-refractivity contribution in [2.24, 2.45) is 0 Å². The van der Waals surface area contributed by atoms with Gasteiger partial charge in [0.1, 0.15) is 5.69 Å². The number of carbonyl (C=O) groups is 1. The molecule has 0 saturated heterocycles. The summed E-state index contributed by atoms with van der Waals surface area (Å²) in [5.41, 5.74) is 2.10. The van der Waals surface area contributed by atoms with Crippen molar-refractivity contribution < 1.29 is 14.6 Å². The van der Waals surface area contributed by atoms with Gasteiger partial charge in [0.2, 0.25) is 0 Å². The molecule has 2 heterocycles. The molecule has 0 bridgehead atoms. The molecule has 0 atom stereocenters. The highest BCUT2D eigenvalue weighted by atomic mass is 16.5. The van der Waals surface area contributed by atoms with Crippen LogP contribution in [0.2, 0.25) is 0 Å². The Kier molecular flexibility index (Phi) is 2.63. The number of nitrogens with zero attached hydrogens (tertiary/aromatic N) is 2. The van der Waals surface area contributed by atoms with E-state index in [1.165, 1.54) is 12.8 Å². The molecular formula is C12H16N2O3. The van der Waals surface area contributed by atoms with Crippen molar-refractivity contribution in [1.82, 2.24) is 9.78 Å². The van der Waals surface area contributed by atoms with E-state index in [4.69, 9.17) is 4.74 Å². The zero-order valence-electron chi connectivity index (χ0n) is 9.69. The normalized spacial score (nSPS) is 20.5. The maximum atomic E-state index is 11.4. The molecule has 1 aliphatic carbocycles. The first-order valence-electron chi connectivity index (χ1n) is 6.18. The molecule has 1 saturated carbocycles. The number of carboxylic acid groups (broad SMARTS) is 1. The summed E-state index contributed by atoms with van der Waals surface area (Å²) in [4.78, 5) is 11.4. The van der Waals surface area contributed by atoms with Gasteiger partial charge in [0, 0.05) is 12.0 Å². The number of ether oxygens (including phenoxy) is 1. The van der Waals surface area contributed by atoms with Gasteiger partial charge in [0.05, 0.1) is 24.9 Å². The number of hydrogen-bond acceptors (Lipinski definition) is 3. The highest BCUT2D eigenvalue weighted by Gasteiger charge is 2.29. The lowest BCUT2D eigenvalue weighted by Crippen LogP contribution is -2.16. The molecule has 0 radical (unpaired) electrons. The minimum atomic E-state index is -0.854. The van der Waals surface area contributed by atoms with Crippen LogP contribution in [-0.2, 0) is 17.8 Å². The van der Waals surface area contributed by atoms with E-state index in [1.807, 2.05) is 0 Å². The lowest BCUT2D eigenvalue weighted by Gasteiger charge is -2.12. The van der Waals surface area contributed by atoms with Crippen molar-refractivity contribution in [2.45, 2.75) is 44.8 Å².